The van der Waals surface area contributed by atoms with Crippen molar-refractivity contribution in [2.24, 2.45) is 5.92 Å². The number of carbonyl (C=O) groups excluding carboxylic acids is 2. The highest BCUT2D eigenvalue weighted by molar-refractivity contribution is 9.10. The lowest BCUT2D eigenvalue weighted by Gasteiger charge is -2.32. The van der Waals surface area contributed by atoms with Gasteiger partial charge in [-0.1, -0.05) is 15.9 Å². The van der Waals surface area contributed by atoms with Gasteiger partial charge in [0.25, 0.3) is 0 Å². The highest BCUT2D eigenvalue weighted by Gasteiger charge is 2.28. The summed E-state index contributed by atoms with van der Waals surface area (Å²) in [4.78, 5) is 25.0. The van der Waals surface area contributed by atoms with Crippen LogP contribution in [0, 0.1) is 5.92 Å². The first-order valence-electron chi connectivity index (χ1n) is 5.76. The molecule has 1 fully saturated rings. The second-order valence-electron chi connectivity index (χ2n) is 4.11. The molecule has 16 heavy (non-hydrogen) atoms. The first kappa shape index (κ1) is 13.5. The van der Waals surface area contributed by atoms with Gasteiger partial charge in [-0.3, -0.25) is 9.59 Å². The van der Waals surface area contributed by atoms with Crippen LogP contribution in [0.15, 0.2) is 0 Å². The molecule has 0 aliphatic carbocycles. The molecule has 0 bridgehead atoms. The number of rotatable bonds is 3. The Kier molecular flexibility index (Phi) is 5.25. The number of nitrogens with one attached hydrogen (secondary N) is 1. The molecular formula is C11H19BrN2O2. The molecule has 4 nitrogen and oxygen atoms in total. The minimum absolute atomic E-state index is 0.0784. The van der Waals surface area contributed by atoms with Gasteiger partial charge in [0, 0.05) is 25.6 Å². The number of hydrogen-bond acceptors (Lipinski definition) is 2. The largest absolute Gasteiger partial charge is 0.356 e. The zero-order chi connectivity index (χ0) is 12.1. The number of alkyl halides is 1. The Morgan fingerprint density at radius 2 is 2.00 bits per heavy atom. The minimum Gasteiger partial charge on any atom is -0.356 e. The smallest absolute Gasteiger partial charge is 0.236 e. The van der Waals surface area contributed by atoms with Crippen molar-refractivity contribution < 1.29 is 9.59 Å². The van der Waals surface area contributed by atoms with Gasteiger partial charge >= 0.3 is 0 Å². The van der Waals surface area contributed by atoms with E-state index in [1.807, 2.05) is 18.7 Å². The molecule has 1 heterocycles. The summed E-state index contributed by atoms with van der Waals surface area (Å²) in [6.45, 7) is 5.81. The molecule has 1 unspecified atom stereocenters. The molecule has 2 amide bonds. The summed E-state index contributed by atoms with van der Waals surface area (Å²) in [6, 6.07) is 0. The van der Waals surface area contributed by atoms with Crippen LogP contribution in [0.25, 0.3) is 0 Å². The van der Waals surface area contributed by atoms with Crippen molar-refractivity contribution in [3.05, 3.63) is 0 Å². The van der Waals surface area contributed by atoms with Crippen LogP contribution in [0.3, 0.4) is 0 Å². The first-order chi connectivity index (χ1) is 7.56. The minimum atomic E-state index is -0.131. The number of piperidine rings is 1. The molecule has 0 radical (unpaired) electrons. The summed E-state index contributed by atoms with van der Waals surface area (Å²) in [7, 11) is 0. The number of halogens is 1. The molecule has 92 valence electrons. The van der Waals surface area contributed by atoms with Crippen LogP contribution < -0.4 is 5.32 Å². The number of amides is 2. The van der Waals surface area contributed by atoms with Gasteiger partial charge in [-0.15, -0.1) is 0 Å². The van der Waals surface area contributed by atoms with Gasteiger partial charge in [-0.2, -0.15) is 0 Å². The van der Waals surface area contributed by atoms with E-state index in [4.69, 9.17) is 0 Å². The van der Waals surface area contributed by atoms with Gasteiger partial charge in [-0.25, -0.2) is 0 Å². The number of carbonyl (C=O) groups is 2. The summed E-state index contributed by atoms with van der Waals surface area (Å²) in [5, 5.41) is 2.83. The van der Waals surface area contributed by atoms with Crippen LogP contribution in [0.4, 0.5) is 0 Å². The molecule has 0 aromatic carbocycles. The quantitative estimate of drug-likeness (QED) is 0.793. The normalized spacial score (nSPS) is 19.3. The van der Waals surface area contributed by atoms with Gasteiger partial charge in [0.05, 0.1) is 4.83 Å². The van der Waals surface area contributed by atoms with E-state index in [-0.39, 0.29) is 22.6 Å². The fourth-order valence-electron chi connectivity index (χ4n) is 1.93. The van der Waals surface area contributed by atoms with Crippen LogP contribution in [0.2, 0.25) is 0 Å². The fourth-order valence-corrected chi connectivity index (χ4v) is 2.22. The van der Waals surface area contributed by atoms with Crippen molar-refractivity contribution in [1.29, 1.82) is 0 Å². The molecule has 1 saturated heterocycles. The number of likely N-dealkylation sites (tertiary alicyclic amines) is 1. The van der Waals surface area contributed by atoms with Gasteiger partial charge < -0.3 is 10.2 Å². The zero-order valence-electron chi connectivity index (χ0n) is 9.83. The van der Waals surface area contributed by atoms with Gasteiger partial charge in [-0.05, 0) is 26.7 Å². The topological polar surface area (TPSA) is 49.4 Å². The average Bonchev–Trinajstić information content (AvgIpc) is 2.28. The molecule has 0 aromatic rings. The first-order valence-corrected chi connectivity index (χ1v) is 6.68. The van der Waals surface area contributed by atoms with Gasteiger partial charge in [0.1, 0.15) is 0 Å². The summed E-state index contributed by atoms with van der Waals surface area (Å²) < 4.78 is 0. The highest BCUT2D eigenvalue weighted by Crippen LogP contribution is 2.19. The summed E-state index contributed by atoms with van der Waals surface area (Å²) in [5.74, 6) is 0.325. The monoisotopic (exact) mass is 290 g/mol. The van der Waals surface area contributed by atoms with Crippen LogP contribution in [0.1, 0.15) is 26.7 Å². The SMILES string of the molecule is CCNC(=O)C1CCN(C(=O)C(C)Br)CC1. The van der Waals surface area contributed by atoms with Crippen molar-refractivity contribution >= 4 is 27.7 Å². The van der Waals surface area contributed by atoms with Crippen LogP contribution in [0.5, 0.6) is 0 Å². The Balaban J connectivity index is 2.39. The standard InChI is InChI=1S/C11H19BrN2O2/c1-3-13-10(15)9-4-6-14(7-5-9)11(16)8(2)12/h8-9H,3-7H2,1-2H3,(H,13,15). The summed E-state index contributed by atoms with van der Waals surface area (Å²) >= 11 is 3.27. The Morgan fingerprint density at radius 3 is 2.44 bits per heavy atom. The Hall–Kier alpha value is -0.580. The third kappa shape index (κ3) is 3.47. The van der Waals surface area contributed by atoms with E-state index in [0.717, 1.165) is 12.8 Å². The third-order valence-electron chi connectivity index (χ3n) is 2.87. The summed E-state index contributed by atoms with van der Waals surface area (Å²) in [5.41, 5.74) is 0. The predicted octanol–water partition coefficient (Wildman–Crippen LogP) is 1.14. The molecule has 0 spiro atoms. The zero-order valence-corrected chi connectivity index (χ0v) is 11.4. The van der Waals surface area contributed by atoms with Crippen molar-refractivity contribution in [3.8, 4) is 0 Å². The molecule has 0 aromatic heterocycles. The highest BCUT2D eigenvalue weighted by atomic mass is 79.9. The second kappa shape index (κ2) is 6.23. The fraction of sp³-hybridized carbons (Fsp3) is 0.818. The van der Waals surface area contributed by atoms with Crippen molar-refractivity contribution in [2.45, 2.75) is 31.5 Å². The van der Waals surface area contributed by atoms with E-state index < -0.39 is 0 Å². The number of nitrogens with zero attached hydrogens (tertiary/aromatic N) is 1. The van der Waals surface area contributed by atoms with Crippen molar-refractivity contribution in [2.75, 3.05) is 19.6 Å². The molecule has 1 atom stereocenters. The molecule has 1 aliphatic heterocycles. The van der Waals surface area contributed by atoms with Crippen LogP contribution in [-0.2, 0) is 9.59 Å². The Bertz CT molecular complexity index is 261. The van der Waals surface area contributed by atoms with E-state index in [0.29, 0.717) is 19.6 Å². The predicted molar refractivity (Wildman–Crippen MR) is 66.4 cm³/mol. The van der Waals surface area contributed by atoms with E-state index in [1.54, 1.807) is 0 Å². The molecule has 1 N–H and O–H groups in total. The van der Waals surface area contributed by atoms with E-state index >= 15 is 0 Å². The molecule has 1 rings (SSSR count). The lowest BCUT2D eigenvalue weighted by Crippen LogP contribution is -2.44. The van der Waals surface area contributed by atoms with Gasteiger partial charge in [0.15, 0.2) is 0 Å². The summed E-state index contributed by atoms with van der Waals surface area (Å²) in [6.07, 6.45) is 1.55. The molecular weight excluding hydrogens is 272 g/mol. The van der Waals surface area contributed by atoms with Crippen molar-refractivity contribution in [1.82, 2.24) is 10.2 Å². The maximum Gasteiger partial charge on any atom is 0.236 e. The lowest BCUT2D eigenvalue weighted by molar-refractivity contribution is -0.134. The average molecular weight is 291 g/mol. The third-order valence-corrected chi connectivity index (χ3v) is 3.26. The van der Waals surface area contributed by atoms with Crippen molar-refractivity contribution in [3.63, 3.8) is 0 Å². The Labute approximate surface area is 105 Å². The van der Waals surface area contributed by atoms with E-state index in [1.165, 1.54) is 0 Å². The van der Waals surface area contributed by atoms with E-state index in [9.17, 15) is 9.59 Å². The van der Waals surface area contributed by atoms with Gasteiger partial charge in [0.2, 0.25) is 11.8 Å². The lowest BCUT2D eigenvalue weighted by atomic mass is 9.96. The second-order valence-corrected chi connectivity index (χ2v) is 5.48. The van der Waals surface area contributed by atoms with Crippen LogP contribution >= 0.6 is 15.9 Å². The maximum absolute atomic E-state index is 11.7. The Morgan fingerprint density at radius 1 is 1.44 bits per heavy atom. The molecule has 1 aliphatic rings. The maximum atomic E-state index is 11.7. The van der Waals surface area contributed by atoms with E-state index in [2.05, 4.69) is 21.2 Å². The van der Waals surface area contributed by atoms with Crippen LogP contribution in [-0.4, -0.2) is 41.2 Å². The number of hydrogen-bond donors (Lipinski definition) is 1. The molecule has 0 saturated carbocycles. The molecule has 5 heteroatoms.